The van der Waals surface area contributed by atoms with Gasteiger partial charge in [0, 0.05) is 45.7 Å². The van der Waals surface area contributed by atoms with Crippen LogP contribution in [0.2, 0.25) is 5.02 Å². The summed E-state index contributed by atoms with van der Waals surface area (Å²) < 4.78 is 0. The van der Waals surface area contributed by atoms with Gasteiger partial charge in [0.2, 0.25) is 5.91 Å². The molecule has 0 radical (unpaired) electrons. The zero-order valence-corrected chi connectivity index (χ0v) is 19.3. The van der Waals surface area contributed by atoms with E-state index in [1.54, 1.807) is 24.3 Å². The molecule has 0 aromatic heterocycles. The number of guanidine groups is 1. The van der Waals surface area contributed by atoms with Crippen LogP contribution in [-0.4, -0.2) is 61.9 Å². The summed E-state index contributed by atoms with van der Waals surface area (Å²) in [5.74, 6) is 0.759. The molecular weight excluding hydrogens is 493 g/mol. The summed E-state index contributed by atoms with van der Waals surface area (Å²) >= 11 is 6.02. The van der Waals surface area contributed by atoms with Gasteiger partial charge in [0.25, 0.3) is 5.91 Å². The third-order valence-corrected chi connectivity index (χ3v) is 4.52. The molecule has 1 aliphatic rings. The predicted octanol–water partition coefficient (Wildman–Crippen LogP) is 2.26. The van der Waals surface area contributed by atoms with Crippen LogP contribution in [0.3, 0.4) is 0 Å². The van der Waals surface area contributed by atoms with Crippen LogP contribution in [0.15, 0.2) is 29.3 Å². The number of carbonyl (C=O) groups is 2. The Kier molecular flexibility index (Phi) is 11.9. The Bertz CT molecular complexity index is 671. The molecule has 156 valence electrons. The number of hydrogen-bond donors (Lipinski definition) is 3. The lowest BCUT2D eigenvalue weighted by Crippen LogP contribution is -2.41. The molecule has 1 saturated heterocycles. The van der Waals surface area contributed by atoms with Gasteiger partial charge in [-0.05, 0) is 31.9 Å². The molecule has 28 heavy (non-hydrogen) atoms. The average Bonchev–Trinajstić information content (AvgIpc) is 3.07. The zero-order chi connectivity index (χ0) is 19.5. The highest BCUT2D eigenvalue weighted by molar-refractivity contribution is 14.0. The zero-order valence-electron chi connectivity index (χ0n) is 16.2. The van der Waals surface area contributed by atoms with Crippen molar-refractivity contribution < 1.29 is 9.59 Å². The standard InChI is InChI=1S/C19H28ClN5O2.HI/c1-2-21-19(23-10-6-14-25-13-5-9-17(25)26)24-12-11-22-18(27)15-7-3-4-8-16(15)20;/h3-4,7-8H,2,5-6,9-14H2,1H3,(H,22,27)(H2,21,23,24);1H. The van der Waals surface area contributed by atoms with Crippen molar-refractivity contribution in [3.8, 4) is 0 Å². The predicted molar refractivity (Wildman–Crippen MR) is 124 cm³/mol. The van der Waals surface area contributed by atoms with E-state index in [0.717, 1.165) is 32.5 Å². The molecule has 7 nitrogen and oxygen atoms in total. The van der Waals surface area contributed by atoms with Crippen LogP contribution in [0, 0.1) is 0 Å². The van der Waals surface area contributed by atoms with Crippen molar-refractivity contribution in [1.29, 1.82) is 0 Å². The van der Waals surface area contributed by atoms with E-state index in [9.17, 15) is 9.59 Å². The molecule has 9 heteroatoms. The lowest BCUT2D eigenvalue weighted by atomic mass is 10.2. The fraction of sp³-hybridized carbons (Fsp3) is 0.526. The summed E-state index contributed by atoms with van der Waals surface area (Å²) in [6.45, 7) is 6.03. The summed E-state index contributed by atoms with van der Waals surface area (Å²) in [6, 6.07) is 6.96. The van der Waals surface area contributed by atoms with Crippen molar-refractivity contribution in [2.75, 3.05) is 39.3 Å². The van der Waals surface area contributed by atoms with Gasteiger partial charge in [0.15, 0.2) is 5.96 Å². The molecule has 0 spiro atoms. The number of amides is 2. The van der Waals surface area contributed by atoms with Crippen molar-refractivity contribution in [2.24, 2.45) is 4.99 Å². The molecule has 3 N–H and O–H groups in total. The Balaban J connectivity index is 0.00000392. The van der Waals surface area contributed by atoms with E-state index in [4.69, 9.17) is 11.6 Å². The Morgan fingerprint density at radius 3 is 2.64 bits per heavy atom. The molecule has 0 saturated carbocycles. The molecule has 1 fully saturated rings. The molecule has 1 heterocycles. The molecule has 1 aliphatic heterocycles. The monoisotopic (exact) mass is 521 g/mol. The van der Waals surface area contributed by atoms with Gasteiger partial charge in [-0.3, -0.25) is 14.6 Å². The van der Waals surface area contributed by atoms with Crippen molar-refractivity contribution in [3.63, 3.8) is 0 Å². The molecular formula is C19H29ClIN5O2. The minimum Gasteiger partial charge on any atom is -0.357 e. The van der Waals surface area contributed by atoms with Crippen LogP contribution >= 0.6 is 35.6 Å². The summed E-state index contributed by atoms with van der Waals surface area (Å²) in [6.07, 6.45) is 2.48. The van der Waals surface area contributed by atoms with E-state index in [1.807, 2.05) is 11.8 Å². The third-order valence-electron chi connectivity index (χ3n) is 4.19. The van der Waals surface area contributed by atoms with Crippen molar-refractivity contribution >= 4 is 53.4 Å². The molecule has 0 bridgehead atoms. The number of benzene rings is 1. The molecule has 0 unspecified atom stereocenters. The first kappa shape index (κ1) is 24.5. The van der Waals surface area contributed by atoms with Gasteiger partial charge in [-0.15, -0.1) is 24.0 Å². The average molecular weight is 522 g/mol. The fourth-order valence-corrected chi connectivity index (χ4v) is 3.05. The highest BCUT2D eigenvalue weighted by Gasteiger charge is 2.18. The maximum absolute atomic E-state index is 12.1. The van der Waals surface area contributed by atoms with Crippen molar-refractivity contribution in [3.05, 3.63) is 34.9 Å². The van der Waals surface area contributed by atoms with Gasteiger partial charge in [0.05, 0.1) is 10.6 Å². The number of likely N-dealkylation sites (tertiary alicyclic amines) is 1. The van der Waals surface area contributed by atoms with Crippen LogP contribution in [-0.2, 0) is 4.79 Å². The summed E-state index contributed by atoms with van der Waals surface area (Å²) in [5, 5.41) is 9.64. The molecule has 0 atom stereocenters. The molecule has 2 rings (SSSR count). The van der Waals surface area contributed by atoms with Gasteiger partial charge < -0.3 is 20.9 Å². The van der Waals surface area contributed by atoms with E-state index in [2.05, 4.69) is 20.9 Å². The smallest absolute Gasteiger partial charge is 0.252 e. The number of rotatable bonds is 9. The topological polar surface area (TPSA) is 85.8 Å². The van der Waals surface area contributed by atoms with Gasteiger partial charge in [0.1, 0.15) is 0 Å². The van der Waals surface area contributed by atoms with Crippen LogP contribution in [0.5, 0.6) is 0 Å². The highest BCUT2D eigenvalue weighted by Crippen LogP contribution is 2.14. The number of aliphatic imine (C=N–C) groups is 1. The SMILES string of the molecule is CCNC(=NCCCN1CCCC1=O)NCCNC(=O)c1ccccc1Cl.I. The lowest BCUT2D eigenvalue weighted by molar-refractivity contribution is -0.127. The van der Waals surface area contributed by atoms with Crippen LogP contribution in [0.25, 0.3) is 0 Å². The normalized spacial score (nSPS) is 13.9. The second-order valence-electron chi connectivity index (χ2n) is 6.26. The first-order valence-corrected chi connectivity index (χ1v) is 9.82. The number of nitrogens with zero attached hydrogens (tertiary/aromatic N) is 2. The van der Waals surface area contributed by atoms with Gasteiger partial charge in [-0.25, -0.2) is 0 Å². The molecule has 1 aromatic carbocycles. The second kappa shape index (κ2) is 13.6. The van der Waals surface area contributed by atoms with Gasteiger partial charge >= 0.3 is 0 Å². The highest BCUT2D eigenvalue weighted by atomic mass is 127. The molecule has 0 aliphatic carbocycles. The van der Waals surface area contributed by atoms with Gasteiger partial charge in [-0.2, -0.15) is 0 Å². The Hall–Kier alpha value is -1.55. The van der Waals surface area contributed by atoms with Gasteiger partial charge in [-0.1, -0.05) is 23.7 Å². The van der Waals surface area contributed by atoms with E-state index >= 15 is 0 Å². The summed E-state index contributed by atoms with van der Waals surface area (Å²) in [5.41, 5.74) is 0.469. The van der Waals surface area contributed by atoms with E-state index in [1.165, 1.54) is 0 Å². The first-order chi connectivity index (χ1) is 13.1. The summed E-state index contributed by atoms with van der Waals surface area (Å²) in [7, 11) is 0. The van der Waals surface area contributed by atoms with Crippen molar-refractivity contribution in [2.45, 2.75) is 26.2 Å². The summed E-state index contributed by atoms with van der Waals surface area (Å²) in [4.78, 5) is 30.1. The van der Waals surface area contributed by atoms with E-state index in [-0.39, 0.29) is 35.8 Å². The number of hydrogen-bond acceptors (Lipinski definition) is 3. The molecule has 2 amide bonds. The third kappa shape index (κ3) is 8.22. The van der Waals surface area contributed by atoms with Crippen LogP contribution in [0.4, 0.5) is 0 Å². The fourth-order valence-electron chi connectivity index (χ4n) is 2.83. The van der Waals surface area contributed by atoms with Crippen molar-refractivity contribution in [1.82, 2.24) is 20.9 Å². The first-order valence-electron chi connectivity index (χ1n) is 9.44. The maximum Gasteiger partial charge on any atom is 0.252 e. The number of nitrogens with one attached hydrogen (secondary N) is 3. The minimum atomic E-state index is -0.195. The lowest BCUT2D eigenvalue weighted by Gasteiger charge is -2.15. The Labute approximate surface area is 188 Å². The number of halogens is 2. The Morgan fingerprint density at radius 1 is 1.21 bits per heavy atom. The van der Waals surface area contributed by atoms with Crippen LogP contribution in [0.1, 0.15) is 36.5 Å². The number of carbonyl (C=O) groups excluding carboxylic acids is 2. The van der Waals surface area contributed by atoms with E-state index < -0.39 is 0 Å². The largest absolute Gasteiger partial charge is 0.357 e. The van der Waals surface area contributed by atoms with E-state index in [0.29, 0.717) is 42.6 Å². The van der Waals surface area contributed by atoms with Crippen LogP contribution < -0.4 is 16.0 Å². The maximum atomic E-state index is 12.1. The quantitative estimate of drug-likeness (QED) is 0.201. The molecule has 1 aromatic rings. The Morgan fingerprint density at radius 2 is 1.96 bits per heavy atom. The minimum absolute atomic E-state index is 0. The second-order valence-corrected chi connectivity index (χ2v) is 6.67.